The minimum Gasteiger partial charge on any atom is -0.478 e. The molecule has 0 aromatic carbocycles. The SMILES string of the molecule is CC(=CC(=O)O)C=C(C)CC(C)CCCCC1CC(O)C(C)C(=O)O1. The molecule has 1 rings (SSSR count). The Labute approximate surface area is 150 Å². The number of aliphatic carboxylic acids is 1. The van der Waals surface area contributed by atoms with Gasteiger partial charge in [-0.1, -0.05) is 31.4 Å². The Balaban J connectivity index is 2.26. The summed E-state index contributed by atoms with van der Waals surface area (Å²) in [5, 5.41) is 18.6. The third kappa shape index (κ3) is 8.34. The highest BCUT2D eigenvalue weighted by Gasteiger charge is 2.33. The Morgan fingerprint density at radius 3 is 2.60 bits per heavy atom. The van der Waals surface area contributed by atoms with Crippen molar-refractivity contribution in [3.05, 3.63) is 23.3 Å². The molecule has 25 heavy (non-hydrogen) atoms. The number of unbranched alkanes of at least 4 members (excludes halogenated alkanes) is 1. The average Bonchev–Trinajstić information content (AvgIpc) is 2.47. The Morgan fingerprint density at radius 2 is 2.00 bits per heavy atom. The molecule has 0 spiro atoms. The lowest BCUT2D eigenvalue weighted by Gasteiger charge is -2.30. The van der Waals surface area contributed by atoms with Crippen LogP contribution in [0.1, 0.15) is 66.2 Å². The summed E-state index contributed by atoms with van der Waals surface area (Å²) in [5.41, 5.74) is 1.94. The molecule has 0 bridgehead atoms. The quantitative estimate of drug-likeness (QED) is 0.285. The largest absolute Gasteiger partial charge is 0.478 e. The van der Waals surface area contributed by atoms with Gasteiger partial charge in [-0.2, -0.15) is 0 Å². The van der Waals surface area contributed by atoms with E-state index in [1.54, 1.807) is 13.8 Å². The van der Waals surface area contributed by atoms with E-state index in [1.165, 1.54) is 11.6 Å². The highest BCUT2D eigenvalue weighted by Crippen LogP contribution is 2.25. The van der Waals surface area contributed by atoms with Crippen molar-refractivity contribution in [2.24, 2.45) is 11.8 Å². The molecule has 1 fully saturated rings. The zero-order valence-corrected chi connectivity index (χ0v) is 15.8. The molecular formula is C20H32O5. The molecule has 2 N–H and O–H groups in total. The Kier molecular flexibility index (Phi) is 8.90. The molecule has 1 aliphatic heterocycles. The number of aliphatic hydroxyl groups is 1. The number of carboxylic acid groups (broad SMARTS) is 1. The molecule has 1 aliphatic rings. The van der Waals surface area contributed by atoms with Gasteiger partial charge in [0, 0.05) is 12.5 Å². The Hall–Kier alpha value is -1.62. The fraction of sp³-hybridized carbons (Fsp3) is 0.700. The maximum Gasteiger partial charge on any atom is 0.328 e. The van der Waals surface area contributed by atoms with Gasteiger partial charge in [0.1, 0.15) is 6.10 Å². The number of esters is 1. The first-order valence-electron chi connectivity index (χ1n) is 9.16. The number of aliphatic hydroxyl groups excluding tert-OH is 1. The second-order valence-corrected chi connectivity index (χ2v) is 7.46. The van der Waals surface area contributed by atoms with Gasteiger partial charge in [-0.3, -0.25) is 4.79 Å². The summed E-state index contributed by atoms with van der Waals surface area (Å²) in [5.74, 6) is -1.10. The van der Waals surface area contributed by atoms with Crippen LogP contribution in [0.4, 0.5) is 0 Å². The summed E-state index contributed by atoms with van der Waals surface area (Å²) in [6.07, 6.45) is 7.80. The Bertz CT molecular complexity index is 520. The fourth-order valence-corrected chi connectivity index (χ4v) is 3.33. The smallest absolute Gasteiger partial charge is 0.328 e. The second kappa shape index (κ2) is 10.4. The van der Waals surface area contributed by atoms with Crippen LogP contribution >= 0.6 is 0 Å². The van der Waals surface area contributed by atoms with E-state index in [4.69, 9.17) is 9.84 Å². The van der Waals surface area contributed by atoms with Crippen LogP contribution in [0.5, 0.6) is 0 Å². The van der Waals surface area contributed by atoms with Gasteiger partial charge in [0.15, 0.2) is 0 Å². The number of hydrogen-bond donors (Lipinski definition) is 2. The van der Waals surface area contributed by atoms with Crippen molar-refractivity contribution >= 4 is 11.9 Å². The monoisotopic (exact) mass is 352 g/mol. The van der Waals surface area contributed by atoms with Crippen LogP contribution in [0.15, 0.2) is 23.3 Å². The van der Waals surface area contributed by atoms with Crippen molar-refractivity contribution < 1.29 is 24.5 Å². The van der Waals surface area contributed by atoms with Crippen LogP contribution in [-0.2, 0) is 14.3 Å². The summed E-state index contributed by atoms with van der Waals surface area (Å²) >= 11 is 0. The van der Waals surface area contributed by atoms with E-state index in [0.29, 0.717) is 12.3 Å². The highest BCUT2D eigenvalue weighted by atomic mass is 16.5. The maximum atomic E-state index is 11.6. The number of rotatable bonds is 9. The van der Waals surface area contributed by atoms with E-state index in [-0.39, 0.29) is 12.1 Å². The van der Waals surface area contributed by atoms with E-state index in [1.807, 2.05) is 13.0 Å². The molecule has 0 amide bonds. The number of carbonyl (C=O) groups excluding carboxylic acids is 1. The minimum atomic E-state index is -0.919. The van der Waals surface area contributed by atoms with Gasteiger partial charge < -0.3 is 14.9 Å². The van der Waals surface area contributed by atoms with Gasteiger partial charge >= 0.3 is 11.9 Å². The van der Waals surface area contributed by atoms with Gasteiger partial charge in [0.05, 0.1) is 12.0 Å². The first-order chi connectivity index (χ1) is 11.7. The maximum absolute atomic E-state index is 11.6. The molecular weight excluding hydrogens is 320 g/mol. The third-order valence-electron chi connectivity index (χ3n) is 4.70. The van der Waals surface area contributed by atoms with Gasteiger partial charge in [0.2, 0.25) is 0 Å². The fourth-order valence-electron chi connectivity index (χ4n) is 3.33. The molecule has 0 radical (unpaired) electrons. The first-order valence-corrected chi connectivity index (χ1v) is 9.16. The number of hydrogen-bond acceptors (Lipinski definition) is 4. The van der Waals surface area contributed by atoms with Crippen molar-refractivity contribution in [2.75, 3.05) is 0 Å². The van der Waals surface area contributed by atoms with Crippen LogP contribution < -0.4 is 0 Å². The number of carbonyl (C=O) groups is 2. The molecule has 4 unspecified atom stereocenters. The van der Waals surface area contributed by atoms with Crippen molar-refractivity contribution in [3.8, 4) is 0 Å². The summed E-state index contributed by atoms with van der Waals surface area (Å²) < 4.78 is 5.35. The van der Waals surface area contributed by atoms with Crippen LogP contribution in [-0.4, -0.2) is 34.4 Å². The van der Waals surface area contributed by atoms with E-state index < -0.39 is 18.0 Å². The Morgan fingerprint density at radius 1 is 1.32 bits per heavy atom. The lowest BCUT2D eigenvalue weighted by molar-refractivity contribution is -0.169. The lowest BCUT2D eigenvalue weighted by Crippen LogP contribution is -2.39. The number of carboxylic acids is 1. The summed E-state index contributed by atoms with van der Waals surface area (Å²) in [4.78, 5) is 22.2. The molecule has 0 aliphatic carbocycles. The molecule has 142 valence electrons. The predicted octanol–water partition coefficient (Wildman–Crippen LogP) is 3.86. The standard InChI is InChI=1S/C20H32O5/c1-13(9-14(2)10-15(3)11-19(22)23)7-5-6-8-17-12-18(21)16(4)20(24)25-17/h10-11,13,16-18,21H,5-9,12H2,1-4H3,(H,22,23). The number of cyclic esters (lactones) is 1. The highest BCUT2D eigenvalue weighted by molar-refractivity contribution is 5.81. The molecule has 0 aromatic heterocycles. The molecule has 5 heteroatoms. The third-order valence-corrected chi connectivity index (χ3v) is 4.70. The van der Waals surface area contributed by atoms with Crippen LogP contribution in [0.25, 0.3) is 0 Å². The molecule has 5 nitrogen and oxygen atoms in total. The van der Waals surface area contributed by atoms with Gasteiger partial charge in [0.25, 0.3) is 0 Å². The number of ether oxygens (including phenoxy) is 1. The molecule has 0 aromatic rings. The lowest BCUT2D eigenvalue weighted by atomic mass is 9.92. The van der Waals surface area contributed by atoms with Gasteiger partial charge in [-0.15, -0.1) is 0 Å². The van der Waals surface area contributed by atoms with E-state index >= 15 is 0 Å². The average molecular weight is 352 g/mol. The first kappa shape index (κ1) is 21.4. The summed E-state index contributed by atoms with van der Waals surface area (Å²) in [7, 11) is 0. The van der Waals surface area contributed by atoms with Crippen LogP contribution in [0, 0.1) is 11.8 Å². The van der Waals surface area contributed by atoms with Crippen LogP contribution in [0.2, 0.25) is 0 Å². The minimum absolute atomic E-state index is 0.153. The van der Waals surface area contributed by atoms with E-state index in [9.17, 15) is 14.7 Å². The van der Waals surface area contributed by atoms with Crippen molar-refractivity contribution in [3.63, 3.8) is 0 Å². The number of allylic oxidation sites excluding steroid dienone is 3. The summed E-state index contributed by atoms with van der Waals surface area (Å²) in [6.45, 7) is 7.72. The topological polar surface area (TPSA) is 83.8 Å². The second-order valence-electron chi connectivity index (χ2n) is 7.46. The van der Waals surface area contributed by atoms with Crippen molar-refractivity contribution in [1.29, 1.82) is 0 Å². The zero-order valence-electron chi connectivity index (χ0n) is 15.8. The van der Waals surface area contributed by atoms with Gasteiger partial charge in [-0.05, 0) is 51.5 Å². The van der Waals surface area contributed by atoms with Crippen molar-refractivity contribution in [1.82, 2.24) is 0 Å². The molecule has 4 atom stereocenters. The zero-order chi connectivity index (χ0) is 19.0. The van der Waals surface area contributed by atoms with E-state index in [0.717, 1.165) is 37.7 Å². The van der Waals surface area contributed by atoms with Crippen LogP contribution in [0.3, 0.4) is 0 Å². The van der Waals surface area contributed by atoms with E-state index in [2.05, 4.69) is 6.92 Å². The summed E-state index contributed by atoms with van der Waals surface area (Å²) in [6, 6.07) is 0. The molecule has 0 saturated carbocycles. The molecule has 1 heterocycles. The molecule has 1 saturated heterocycles. The predicted molar refractivity (Wildman–Crippen MR) is 97.1 cm³/mol. The normalized spacial score (nSPS) is 26.3. The van der Waals surface area contributed by atoms with Gasteiger partial charge in [-0.25, -0.2) is 4.79 Å². The van der Waals surface area contributed by atoms with Crippen molar-refractivity contribution in [2.45, 2.75) is 78.4 Å².